The van der Waals surface area contributed by atoms with E-state index in [1.807, 2.05) is 0 Å². The molecule has 4 N–H and O–H groups in total. The van der Waals surface area contributed by atoms with Gasteiger partial charge in [-0.3, -0.25) is 4.79 Å². The van der Waals surface area contributed by atoms with Crippen LogP contribution in [0.3, 0.4) is 0 Å². The van der Waals surface area contributed by atoms with E-state index in [4.69, 9.17) is 20.0 Å². The van der Waals surface area contributed by atoms with Gasteiger partial charge in [0, 0.05) is 6.54 Å². The average molecular weight is 256 g/mol. The van der Waals surface area contributed by atoms with Gasteiger partial charge in [0.25, 0.3) is 0 Å². The van der Waals surface area contributed by atoms with Gasteiger partial charge in [0.2, 0.25) is 5.91 Å². The van der Waals surface area contributed by atoms with Gasteiger partial charge in [0.15, 0.2) is 0 Å². The molecule has 0 bridgehead atoms. The molecule has 0 spiro atoms. The summed E-state index contributed by atoms with van der Waals surface area (Å²) in [4.78, 5) is 21.1. The third-order valence-electron chi connectivity index (χ3n) is 2.17. The van der Waals surface area contributed by atoms with Crippen molar-refractivity contribution in [3.8, 4) is 0 Å². The first-order chi connectivity index (χ1) is 8.50. The number of carbonyl (C=O) groups excluding carboxylic acids is 1. The maximum absolute atomic E-state index is 10.8. The number of nitrogens with two attached hydrogens (primary N) is 1. The zero-order valence-electron chi connectivity index (χ0n) is 10.1. The highest BCUT2D eigenvalue weighted by molar-refractivity contribution is 5.88. The van der Waals surface area contributed by atoms with E-state index in [1.165, 1.54) is 6.07 Å². The van der Waals surface area contributed by atoms with Gasteiger partial charge >= 0.3 is 5.97 Å². The normalized spacial score (nSPS) is 10.5. The van der Waals surface area contributed by atoms with Crippen molar-refractivity contribution in [3.05, 3.63) is 23.2 Å². The molecule has 1 rings (SSSR count). The zero-order chi connectivity index (χ0) is 13.5. The van der Waals surface area contributed by atoms with Crippen LogP contribution in [-0.4, -0.2) is 36.7 Å². The van der Waals surface area contributed by atoms with Crippen molar-refractivity contribution in [1.29, 1.82) is 0 Å². The van der Waals surface area contributed by atoms with Crippen LogP contribution in [0.5, 0.6) is 0 Å². The van der Waals surface area contributed by atoms with E-state index in [0.29, 0.717) is 31.2 Å². The summed E-state index contributed by atoms with van der Waals surface area (Å²) in [6, 6.07) is 1.48. The van der Waals surface area contributed by atoms with E-state index in [1.54, 1.807) is 6.92 Å². The molecule has 0 aromatic carbocycles. The minimum atomic E-state index is -1.01. The second kappa shape index (κ2) is 6.77. The Labute approximate surface area is 104 Å². The summed E-state index contributed by atoms with van der Waals surface area (Å²) < 4.78 is 10.2. The zero-order valence-corrected chi connectivity index (χ0v) is 10.1. The van der Waals surface area contributed by atoms with Crippen LogP contribution in [0.25, 0.3) is 0 Å². The summed E-state index contributed by atoms with van der Waals surface area (Å²) in [5.41, 5.74) is 5.05. The summed E-state index contributed by atoms with van der Waals surface area (Å²) in [6.07, 6.45) is 0. The number of carboxylic acids is 1. The highest BCUT2D eigenvalue weighted by atomic mass is 16.5. The van der Waals surface area contributed by atoms with E-state index < -0.39 is 11.9 Å². The minimum Gasteiger partial charge on any atom is -0.478 e. The molecule has 0 saturated carbocycles. The van der Waals surface area contributed by atoms with Gasteiger partial charge in [-0.05, 0) is 13.0 Å². The van der Waals surface area contributed by atoms with Crippen LogP contribution in [0.4, 0.5) is 0 Å². The quantitative estimate of drug-likeness (QED) is 0.558. The Kier molecular flexibility index (Phi) is 5.34. The smallest absolute Gasteiger partial charge is 0.339 e. The van der Waals surface area contributed by atoms with Crippen LogP contribution < -0.4 is 11.1 Å². The van der Waals surface area contributed by atoms with E-state index in [9.17, 15) is 9.59 Å². The molecule has 0 fully saturated rings. The second-order valence-electron chi connectivity index (χ2n) is 3.68. The number of hydrogen-bond acceptors (Lipinski definition) is 5. The van der Waals surface area contributed by atoms with Crippen LogP contribution in [0, 0.1) is 6.92 Å². The third-order valence-corrected chi connectivity index (χ3v) is 2.17. The van der Waals surface area contributed by atoms with Gasteiger partial charge in [-0.1, -0.05) is 0 Å². The molecule has 0 aliphatic carbocycles. The summed E-state index contributed by atoms with van der Waals surface area (Å²) in [5, 5.41) is 11.8. The predicted molar refractivity (Wildman–Crippen MR) is 62.1 cm³/mol. The second-order valence-corrected chi connectivity index (χ2v) is 3.68. The number of furan rings is 1. The molecule has 100 valence electrons. The van der Waals surface area contributed by atoms with Crippen molar-refractivity contribution in [2.75, 3.05) is 19.8 Å². The summed E-state index contributed by atoms with van der Waals surface area (Å²) in [7, 11) is 0. The fraction of sp³-hybridized carbons (Fsp3) is 0.455. The van der Waals surface area contributed by atoms with Gasteiger partial charge in [0.1, 0.15) is 23.7 Å². The molecule has 1 aromatic rings. The van der Waals surface area contributed by atoms with Crippen LogP contribution in [0.1, 0.15) is 21.9 Å². The number of nitrogens with one attached hydrogen (secondary N) is 1. The monoisotopic (exact) mass is 256 g/mol. The van der Waals surface area contributed by atoms with E-state index >= 15 is 0 Å². The Morgan fingerprint density at radius 1 is 1.56 bits per heavy atom. The summed E-state index contributed by atoms with van der Waals surface area (Å²) in [5.74, 6) is -0.598. The molecule has 0 saturated heterocycles. The first-order valence-corrected chi connectivity index (χ1v) is 5.40. The van der Waals surface area contributed by atoms with Crippen molar-refractivity contribution in [3.63, 3.8) is 0 Å². The fourth-order valence-electron chi connectivity index (χ4n) is 1.37. The highest BCUT2D eigenvalue weighted by Gasteiger charge is 2.12. The molecule has 0 unspecified atom stereocenters. The van der Waals surface area contributed by atoms with Crippen molar-refractivity contribution >= 4 is 11.9 Å². The van der Waals surface area contributed by atoms with Gasteiger partial charge in [0.05, 0.1) is 13.2 Å². The van der Waals surface area contributed by atoms with E-state index in [2.05, 4.69) is 5.32 Å². The molecule has 1 amide bonds. The van der Waals surface area contributed by atoms with Gasteiger partial charge in [-0.15, -0.1) is 0 Å². The SMILES string of the molecule is Cc1oc(CNCCOCC(N)=O)cc1C(=O)O. The number of carbonyl (C=O) groups is 2. The Balaban J connectivity index is 2.25. The molecular formula is C11H16N2O5. The third kappa shape index (κ3) is 4.56. The van der Waals surface area contributed by atoms with Crippen molar-refractivity contribution in [1.82, 2.24) is 5.32 Å². The van der Waals surface area contributed by atoms with Gasteiger partial charge in [-0.25, -0.2) is 4.79 Å². The number of aryl methyl sites for hydroxylation is 1. The number of ether oxygens (including phenoxy) is 1. The van der Waals surface area contributed by atoms with E-state index in [-0.39, 0.29) is 12.2 Å². The lowest BCUT2D eigenvalue weighted by molar-refractivity contribution is -0.122. The number of rotatable bonds is 8. The molecule has 0 radical (unpaired) electrons. The minimum absolute atomic E-state index is 0.106. The molecule has 0 aliphatic heterocycles. The molecule has 1 heterocycles. The Morgan fingerprint density at radius 3 is 2.83 bits per heavy atom. The van der Waals surface area contributed by atoms with Crippen molar-refractivity contribution in [2.45, 2.75) is 13.5 Å². The van der Waals surface area contributed by atoms with Crippen molar-refractivity contribution in [2.24, 2.45) is 5.73 Å². The predicted octanol–water partition coefficient (Wildman–Crippen LogP) is -0.122. The lowest BCUT2D eigenvalue weighted by atomic mass is 10.2. The van der Waals surface area contributed by atoms with Gasteiger partial charge < -0.3 is 25.3 Å². The van der Waals surface area contributed by atoms with Crippen LogP contribution >= 0.6 is 0 Å². The maximum atomic E-state index is 10.8. The number of carboxylic acid groups (broad SMARTS) is 1. The number of hydrogen-bond donors (Lipinski definition) is 3. The first-order valence-electron chi connectivity index (χ1n) is 5.40. The summed E-state index contributed by atoms with van der Waals surface area (Å²) in [6.45, 7) is 2.74. The lowest BCUT2D eigenvalue weighted by Gasteiger charge is -2.02. The molecule has 18 heavy (non-hydrogen) atoms. The van der Waals surface area contributed by atoms with Crippen LogP contribution in [0.2, 0.25) is 0 Å². The standard InChI is InChI=1S/C11H16N2O5/c1-7-9(11(15)16)4-8(18-7)5-13-2-3-17-6-10(12)14/h4,13H,2-3,5-6H2,1H3,(H2,12,14)(H,15,16). The lowest BCUT2D eigenvalue weighted by Crippen LogP contribution is -2.23. The topological polar surface area (TPSA) is 115 Å². The number of aromatic carboxylic acids is 1. The van der Waals surface area contributed by atoms with E-state index in [0.717, 1.165) is 0 Å². The average Bonchev–Trinajstić information content (AvgIpc) is 2.64. The summed E-state index contributed by atoms with van der Waals surface area (Å²) >= 11 is 0. The number of primary amides is 1. The molecule has 7 nitrogen and oxygen atoms in total. The first kappa shape index (κ1) is 14.2. The largest absolute Gasteiger partial charge is 0.478 e. The van der Waals surface area contributed by atoms with Gasteiger partial charge in [-0.2, -0.15) is 0 Å². The molecule has 0 atom stereocenters. The Bertz CT molecular complexity index is 427. The molecular weight excluding hydrogens is 240 g/mol. The molecule has 1 aromatic heterocycles. The number of amides is 1. The fourth-order valence-corrected chi connectivity index (χ4v) is 1.37. The molecule has 0 aliphatic rings. The maximum Gasteiger partial charge on any atom is 0.339 e. The van der Waals surface area contributed by atoms with Crippen molar-refractivity contribution < 1.29 is 23.8 Å². The molecule has 7 heteroatoms. The van der Waals surface area contributed by atoms with Crippen LogP contribution in [0.15, 0.2) is 10.5 Å². The van der Waals surface area contributed by atoms with Crippen LogP contribution in [-0.2, 0) is 16.1 Å². The Hall–Kier alpha value is -1.86. The Morgan fingerprint density at radius 2 is 2.28 bits per heavy atom. The highest BCUT2D eigenvalue weighted by Crippen LogP contribution is 2.14.